The van der Waals surface area contributed by atoms with Crippen molar-refractivity contribution in [1.82, 2.24) is 25.0 Å². The quantitative estimate of drug-likeness (QED) is 0.566. The van der Waals surface area contributed by atoms with Crippen LogP contribution in [-0.2, 0) is 21.8 Å². The van der Waals surface area contributed by atoms with Crippen molar-refractivity contribution in [1.29, 1.82) is 0 Å². The maximum atomic E-state index is 12.5. The molecule has 3 aromatic rings. The van der Waals surface area contributed by atoms with Crippen molar-refractivity contribution in [2.75, 3.05) is 16.3 Å². The van der Waals surface area contributed by atoms with E-state index < -0.39 is 22.2 Å². The highest BCUT2D eigenvalue weighted by Crippen LogP contribution is 2.28. The molecule has 0 bridgehead atoms. The number of nitrogens with one attached hydrogen (secondary N) is 2. The Hall–Kier alpha value is -3.25. The number of ether oxygens (including phenoxy) is 1. The Labute approximate surface area is 183 Å². The number of sulfonamides is 1. The van der Waals surface area contributed by atoms with Crippen molar-refractivity contribution in [2.45, 2.75) is 20.0 Å². The average molecular weight is 466 g/mol. The predicted molar refractivity (Wildman–Crippen MR) is 115 cm³/mol. The number of nitrogens with zero attached hydrogens (tertiary/aromatic N) is 5. The highest BCUT2D eigenvalue weighted by atomic mass is 35.5. The Kier molecular flexibility index (Phi) is 6.41. The molecule has 1 atom stereocenters. The van der Waals surface area contributed by atoms with Gasteiger partial charge in [-0.1, -0.05) is 16.8 Å². The minimum Gasteiger partial charge on any atom is -0.441 e. The first kappa shape index (κ1) is 22.4. The number of hydrogen-bond acceptors (Lipinski definition) is 8. The topological polar surface area (TPSA) is 141 Å². The van der Waals surface area contributed by atoms with E-state index in [1.807, 2.05) is 0 Å². The Morgan fingerprint density at radius 2 is 2.03 bits per heavy atom. The molecule has 3 heterocycles. The van der Waals surface area contributed by atoms with Crippen LogP contribution in [0.4, 0.5) is 16.3 Å². The van der Waals surface area contributed by atoms with Crippen molar-refractivity contribution in [3.8, 4) is 11.4 Å². The number of carbonyl (C=O) groups is 1. The minimum absolute atomic E-state index is 0.255. The van der Waals surface area contributed by atoms with E-state index in [-0.39, 0.29) is 5.82 Å². The van der Waals surface area contributed by atoms with Gasteiger partial charge in [0.1, 0.15) is 6.10 Å². The van der Waals surface area contributed by atoms with Crippen molar-refractivity contribution in [3.63, 3.8) is 0 Å². The number of halogens is 1. The molecule has 0 aliphatic heterocycles. The summed E-state index contributed by atoms with van der Waals surface area (Å²) in [5.74, 6) is 0.255. The summed E-state index contributed by atoms with van der Waals surface area (Å²) in [4.78, 5) is 20.8. The number of aryl methyl sites for hydroxylation is 2. The smallest absolute Gasteiger partial charge is 0.413 e. The van der Waals surface area contributed by atoms with E-state index >= 15 is 0 Å². The Balaban J connectivity index is 1.80. The fourth-order valence-corrected chi connectivity index (χ4v) is 3.58. The SMILES string of the molecule is Cc1nc(-c2nnn(C)c2NC(=O)O[C@H](C)c2cnccc2Cl)ccc1NS(C)(=O)=O. The molecule has 1 amide bonds. The van der Waals surface area contributed by atoms with Crippen LogP contribution in [0.2, 0.25) is 5.02 Å². The second-order valence-corrected chi connectivity index (χ2v) is 8.84. The molecule has 0 fully saturated rings. The van der Waals surface area contributed by atoms with Gasteiger partial charge in [0.2, 0.25) is 10.0 Å². The molecule has 2 N–H and O–H groups in total. The normalized spacial score (nSPS) is 12.3. The van der Waals surface area contributed by atoms with Crippen LogP contribution >= 0.6 is 11.6 Å². The van der Waals surface area contributed by atoms with Gasteiger partial charge in [0.05, 0.1) is 28.4 Å². The highest BCUT2D eigenvalue weighted by molar-refractivity contribution is 7.92. The summed E-state index contributed by atoms with van der Waals surface area (Å²) in [6.45, 7) is 3.32. The van der Waals surface area contributed by atoms with Gasteiger partial charge in [-0.3, -0.25) is 15.0 Å². The van der Waals surface area contributed by atoms with Crippen molar-refractivity contribution in [3.05, 3.63) is 46.9 Å². The number of aromatic nitrogens is 5. The van der Waals surface area contributed by atoms with Crippen LogP contribution in [0.15, 0.2) is 30.6 Å². The van der Waals surface area contributed by atoms with E-state index in [9.17, 15) is 13.2 Å². The maximum Gasteiger partial charge on any atom is 0.413 e. The molecule has 0 spiro atoms. The zero-order chi connectivity index (χ0) is 22.8. The van der Waals surface area contributed by atoms with Gasteiger partial charge in [-0.15, -0.1) is 5.10 Å². The minimum atomic E-state index is -3.44. The molecule has 0 radical (unpaired) electrons. The number of anilines is 2. The lowest BCUT2D eigenvalue weighted by atomic mass is 10.2. The third-order valence-corrected chi connectivity index (χ3v) is 5.12. The van der Waals surface area contributed by atoms with Gasteiger partial charge in [0.25, 0.3) is 0 Å². The Morgan fingerprint density at radius 1 is 1.29 bits per heavy atom. The van der Waals surface area contributed by atoms with Crippen LogP contribution in [0.25, 0.3) is 11.4 Å². The van der Waals surface area contributed by atoms with Gasteiger partial charge >= 0.3 is 6.09 Å². The molecule has 3 rings (SSSR count). The summed E-state index contributed by atoms with van der Waals surface area (Å²) >= 11 is 6.12. The molecule has 0 aliphatic carbocycles. The van der Waals surface area contributed by atoms with Gasteiger partial charge in [-0.05, 0) is 32.0 Å². The molecule has 11 nitrogen and oxygen atoms in total. The lowest BCUT2D eigenvalue weighted by Gasteiger charge is -2.15. The van der Waals surface area contributed by atoms with Crippen molar-refractivity contribution < 1.29 is 17.9 Å². The number of pyridine rings is 2. The third-order valence-electron chi connectivity index (χ3n) is 4.19. The Morgan fingerprint density at radius 3 is 2.68 bits per heavy atom. The van der Waals surface area contributed by atoms with Crippen LogP contribution in [-0.4, -0.2) is 45.7 Å². The molecule has 164 valence electrons. The molecule has 0 unspecified atom stereocenters. The number of carbonyl (C=O) groups excluding carboxylic acids is 1. The number of rotatable bonds is 6. The van der Waals surface area contributed by atoms with Crippen LogP contribution in [0.3, 0.4) is 0 Å². The van der Waals surface area contributed by atoms with E-state index in [0.717, 1.165) is 6.26 Å². The highest BCUT2D eigenvalue weighted by Gasteiger charge is 2.21. The molecular weight excluding hydrogens is 446 g/mol. The predicted octanol–water partition coefficient (Wildman–Crippen LogP) is 2.92. The summed E-state index contributed by atoms with van der Waals surface area (Å²) in [7, 11) is -1.85. The van der Waals surface area contributed by atoms with Crippen molar-refractivity contribution >= 4 is 39.2 Å². The summed E-state index contributed by atoms with van der Waals surface area (Å²) < 4.78 is 32.1. The monoisotopic (exact) mass is 465 g/mol. The number of amides is 1. The third kappa shape index (κ3) is 5.47. The van der Waals surface area contributed by atoms with Crippen LogP contribution in [0, 0.1) is 6.92 Å². The largest absolute Gasteiger partial charge is 0.441 e. The van der Waals surface area contributed by atoms with E-state index in [4.69, 9.17) is 16.3 Å². The Bertz CT molecular complexity index is 1230. The lowest BCUT2D eigenvalue weighted by Crippen LogP contribution is -2.18. The van der Waals surface area contributed by atoms with Crippen LogP contribution in [0.5, 0.6) is 0 Å². The summed E-state index contributed by atoms with van der Waals surface area (Å²) in [5.41, 5.74) is 2.02. The van der Waals surface area contributed by atoms with Crippen LogP contribution < -0.4 is 10.0 Å². The summed E-state index contributed by atoms with van der Waals surface area (Å²) in [5, 5.41) is 11.0. The molecule has 3 aromatic heterocycles. The second kappa shape index (κ2) is 8.86. The second-order valence-electron chi connectivity index (χ2n) is 6.68. The lowest BCUT2D eigenvalue weighted by molar-refractivity contribution is 0.121. The zero-order valence-corrected chi connectivity index (χ0v) is 18.7. The molecule has 0 aliphatic rings. The van der Waals surface area contributed by atoms with E-state index in [1.54, 1.807) is 39.1 Å². The van der Waals surface area contributed by atoms with Gasteiger partial charge in [0.15, 0.2) is 11.5 Å². The van der Waals surface area contributed by atoms with E-state index in [2.05, 4.69) is 30.3 Å². The summed E-state index contributed by atoms with van der Waals surface area (Å²) in [6.07, 6.45) is 2.73. The maximum absolute atomic E-state index is 12.5. The molecule has 0 saturated carbocycles. The fourth-order valence-electron chi connectivity index (χ4n) is 2.71. The summed E-state index contributed by atoms with van der Waals surface area (Å²) in [6, 6.07) is 4.73. The van der Waals surface area contributed by atoms with Gasteiger partial charge in [-0.2, -0.15) is 0 Å². The van der Waals surface area contributed by atoms with Gasteiger partial charge < -0.3 is 4.74 Å². The first-order valence-electron chi connectivity index (χ1n) is 8.97. The molecular formula is C18H20ClN7O4S. The fraction of sp³-hybridized carbons (Fsp3) is 0.278. The molecule has 0 saturated heterocycles. The first-order chi connectivity index (χ1) is 14.5. The van der Waals surface area contributed by atoms with E-state index in [0.29, 0.717) is 33.4 Å². The number of hydrogen-bond donors (Lipinski definition) is 2. The van der Waals surface area contributed by atoms with Gasteiger partial charge in [0, 0.05) is 25.0 Å². The van der Waals surface area contributed by atoms with Crippen LogP contribution in [0.1, 0.15) is 24.3 Å². The molecule has 13 heteroatoms. The zero-order valence-electron chi connectivity index (χ0n) is 17.1. The van der Waals surface area contributed by atoms with Gasteiger partial charge in [-0.25, -0.2) is 22.9 Å². The average Bonchev–Trinajstić information content (AvgIpc) is 3.03. The molecule has 31 heavy (non-hydrogen) atoms. The van der Waals surface area contributed by atoms with E-state index in [1.165, 1.54) is 17.1 Å². The van der Waals surface area contributed by atoms with Crippen molar-refractivity contribution in [2.24, 2.45) is 7.05 Å². The first-order valence-corrected chi connectivity index (χ1v) is 11.2. The molecule has 0 aromatic carbocycles. The standard InChI is InChI=1S/C18H20ClN7O4S/c1-10-14(24-31(4,28)29)5-6-15(21-10)16-17(26(3)25-23-16)22-18(27)30-11(2)12-9-20-8-7-13(12)19/h5-9,11,24H,1-4H3,(H,22,27)/t11-/m1/s1.